The first kappa shape index (κ1) is 11.3. The molecule has 0 aliphatic rings. The minimum atomic E-state index is -0.776. The molecule has 0 spiro atoms. The number of carboxylic acid groups (broad SMARTS) is 1. The van der Waals surface area contributed by atoms with Gasteiger partial charge in [-0.05, 0) is 23.9 Å². The van der Waals surface area contributed by atoms with Crippen LogP contribution in [0.15, 0.2) is 16.8 Å². The molecule has 0 unspecified atom stereocenters. The van der Waals surface area contributed by atoms with E-state index in [0.717, 1.165) is 10.7 Å². The van der Waals surface area contributed by atoms with Gasteiger partial charge in [-0.25, -0.2) is 4.98 Å². The highest BCUT2D eigenvalue weighted by Crippen LogP contribution is 2.31. The number of nitrogens with zero attached hydrogens (tertiary/aromatic N) is 1. The summed E-state index contributed by atoms with van der Waals surface area (Å²) in [6, 6.07) is 2.07. The first-order chi connectivity index (χ1) is 7.66. The summed E-state index contributed by atoms with van der Waals surface area (Å²) in [5.41, 5.74) is 2.10. The Hall–Kier alpha value is -1.20. The number of carbonyl (C=O) groups is 1. The van der Waals surface area contributed by atoms with Gasteiger partial charge in [0.2, 0.25) is 0 Å². The van der Waals surface area contributed by atoms with Crippen LogP contribution in [0.25, 0.3) is 9.88 Å². The van der Waals surface area contributed by atoms with Crippen LogP contribution in [0.1, 0.15) is 17.7 Å². The zero-order chi connectivity index (χ0) is 11.5. The van der Waals surface area contributed by atoms with E-state index in [4.69, 9.17) is 5.11 Å². The molecule has 0 saturated carbocycles. The van der Waals surface area contributed by atoms with Gasteiger partial charge < -0.3 is 5.11 Å². The topological polar surface area (TPSA) is 50.2 Å². The molecule has 3 nitrogen and oxygen atoms in total. The first-order valence-electron chi connectivity index (χ1n) is 4.87. The van der Waals surface area contributed by atoms with Crippen LogP contribution in [0.3, 0.4) is 0 Å². The van der Waals surface area contributed by atoms with Crippen molar-refractivity contribution in [3.8, 4) is 9.88 Å². The lowest BCUT2D eigenvalue weighted by atomic mass is 10.2. The second kappa shape index (κ2) is 4.76. The van der Waals surface area contributed by atoms with Gasteiger partial charge in [0.1, 0.15) is 5.01 Å². The SMILES string of the molecule is Cc1ccsc1-c1nc(CCC(=O)O)cs1. The lowest BCUT2D eigenvalue weighted by Crippen LogP contribution is -1.97. The average molecular weight is 253 g/mol. The standard InChI is InChI=1S/C11H11NO2S2/c1-7-4-5-15-10(7)11-12-8(6-16-11)2-3-9(13)14/h4-6H,2-3H2,1H3,(H,13,14). The number of thiophene rings is 1. The van der Waals surface area contributed by atoms with Crippen LogP contribution in [0.2, 0.25) is 0 Å². The van der Waals surface area contributed by atoms with Gasteiger partial charge in [0.25, 0.3) is 0 Å². The maximum absolute atomic E-state index is 10.4. The molecule has 0 saturated heterocycles. The summed E-state index contributed by atoms with van der Waals surface area (Å²) in [6.45, 7) is 2.06. The third-order valence-electron chi connectivity index (χ3n) is 2.20. The maximum Gasteiger partial charge on any atom is 0.303 e. The fourth-order valence-electron chi connectivity index (χ4n) is 1.35. The van der Waals surface area contributed by atoms with E-state index in [-0.39, 0.29) is 6.42 Å². The summed E-state index contributed by atoms with van der Waals surface area (Å²) in [4.78, 5) is 16.1. The van der Waals surface area contributed by atoms with Crippen LogP contribution in [-0.2, 0) is 11.2 Å². The van der Waals surface area contributed by atoms with Gasteiger partial charge in [0.15, 0.2) is 0 Å². The number of hydrogen-bond donors (Lipinski definition) is 1. The Morgan fingerprint density at radius 1 is 1.50 bits per heavy atom. The summed E-state index contributed by atoms with van der Waals surface area (Å²) < 4.78 is 0. The Labute approximate surface area is 101 Å². The number of thiazole rings is 1. The quantitative estimate of drug-likeness (QED) is 0.910. The van der Waals surface area contributed by atoms with Crippen LogP contribution in [0.4, 0.5) is 0 Å². The first-order valence-corrected chi connectivity index (χ1v) is 6.63. The van der Waals surface area contributed by atoms with Gasteiger partial charge in [-0.1, -0.05) is 0 Å². The monoisotopic (exact) mass is 253 g/mol. The van der Waals surface area contributed by atoms with Crippen molar-refractivity contribution in [1.82, 2.24) is 4.98 Å². The lowest BCUT2D eigenvalue weighted by molar-refractivity contribution is -0.136. The molecule has 0 aliphatic heterocycles. The largest absolute Gasteiger partial charge is 0.481 e. The number of aliphatic carboxylic acids is 1. The van der Waals surface area contributed by atoms with Crippen LogP contribution in [0, 0.1) is 6.92 Å². The van der Waals surface area contributed by atoms with Crippen molar-refractivity contribution in [2.75, 3.05) is 0 Å². The summed E-state index contributed by atoms with van der Waals surface area (Å²) in [5, 5.41) is 13.6. The summed E-state index contributed by atoms with van der Waals surface area (Å²) >= 11 is 3.25. The molecule has 2 heterocycles. The van der Waals surface area contributed by atoms with Gasteiger partial charge in [0, 0.05) is 11.8 Å². The van der Waals surface area contributed by atoms with Crippen molar-refractivity contribution < 1.29 is 9.90 Å². The number of carboxylic acids is 1. The molecule has 0 atom stereocenters. The number of aryl methyl sites for hydroxylation is 2. The van der Waals surface area contributed by atoms with E-state index >= 15 is 0 Å². The second-order valence-electron chi connectivity index (χ2n) is 3.47. The predicted molar refractivity (Wildman–Crippen MR) is 66.1 cm³/mol. The summed E-state index contributed by atoms with van der Waals surface area (Å²) in [6.07, 6.45) is 0.656. The molecular weight excluding hydrogens is 242 g/mol. The highest BCUT2D eigenvalue weighted by molar-refractivity contribution is 7.20. The Balaban J connectivity index is 2.14. The van der Waals surface area contributed by atoms with Crippen molar-refractivity contribution in [2.45, 2.75) is 19.8 Å². The van der Waals surface area contributed by atoms with Crippen molar-refractivity contribution in [1.29, 1.82) is 0 Å². The van der Waals surface area contributed by atoms with E-state index in [1.807, 2.05) is 10.8 Å². The van der Waals surface area contributed by atoms with Crippen LogP contribution in [-0.4, -0.2) is 16.1 Å². The van der Waals surface area contributed by atoms with Crippen LogP contribution >= 0.6 is 22.7 Å². The molecule has 0 aliphatic carbocycles. The molecule has 5 heteroatoms. The van der Waals surface area contributed by atoms with Crippen molar-refractivity contribution in [2.24, 2.45) is 0 Å². The third kappa shape index (κ3) is 2.48. The molecule has 2 aromatic rings. The number of rotatable bonds is 4. The molecule has 84 valence electrons. The van der Waals surface area contributed by atoms with Gasteiger partial charge in [-0.15, -0.1) is 22.7 Å². The van der Waals surface area contributed by atoms with Gasteiger partial charge in [0.05, 0.1) is 17.0 Å². The Bertz CT molecular complexity index is 502. The van der Waals surface area contributed by atoms with Gasteiger partial charge in [-0.2, -0.15) is 0 Å². The molecule has 0 amide bonds. The fraction of sp³-hybridized carbons (Fsp3) is 0.273. The van der Waals surface area contributed by atoms with Crippen molar-refractivity contribution in [3.63, 3.8) is 0 Å². The highest BCUT2D eigenvalue weighted by atomic mass is 32.1. The van der Waals surface area contributed by atoms with E-state index < -0.39 is 5.97 Å². The van der Waals surface area contributed by atoms with E-state index in [1.165, 1.54) is 10.4 Å². The lowest BCUT2D eigenvalue weighted by Gasteiger charge is -1.93. The molecule has 0 aromatic carbocycles. The molecule has 1 N–H and O–H groups in total. The van der Waals surface area contributed by atoms with Gasteiger partial charge >= 0.3 is 5.97 Å². The van der Waals surface area contributed by atoms with E-state index in [0.29, 0.717) is 6.42 Å². The Morgan fingerprint density at radius 3 is 2.94 bits per heavy atom. The van der Waals surface area contributed by atoms with Crippen LogP contribution in [0.5, 0.6) is 0 Å². The zero-order valence-electron chi connectivity index (χ0n) is 8.77. The number of aromatic nitrogens is 1. The fourth-order valence-corrected chi connectivity index (χ4v) is 3.31. The zero-order valence-corrected chi connectivity index (χ0v) is 10.4. The average Bonchev–Trinajstić information content (AvgIpc) is 2.83. The highest BCUT2D eigenvalue weighted by Gasteiger charge is 2.09. The molecule has 0 fully saturated rings. The molecule has 2 rings (SSSR count). The van der Waals surface area contributed by atoms with E-state index in [9.17, 15) is 4.79 Å². The molecule has 0 radical (unpaired) electrons. The predicted octanol–water partition coefficient (Wildman–Crippen LogP) is 3.20. The Morgan fingerprint density at radius 2 is 2.31 bits per heavy atom. The smallest absolute Gasteiger partial charge is 0.303 e. The maximum atomic E-state index is 10.4. The third-order valence-corrected chi connectivity index (χ3v) is 4.26. The molecule has 2 aromatic heterocycles. The molecule has 16 heavy (non-hydrogen) atoms. The minimum Gasteiger partial charge on any atom is -0.481 e. The van der Waals surface area contributed by atoms with E-state index in [1.54, 1.807) is 22.7 Å². The normalized spacial score (nSPS) is 10.6. The Kier molecular flexibility index (Phi) is 3.36. The van der Waals surface area contributed by atoms with Crippen molar-refractivity contribution >= 4 is 28.6 Å². The van der Waals surface area contributed by atoms with Gasteiger partial charge in [-0.3, -0.25) is 4.79 Å². The summed E-state index contributed by atoms with van der Waals surface area (Å²) in [7, 11) is 0. The number of hydrogen-bond acceptors (Lipinski definition) is 4. The molecule has 0 bridgehead atoms. The van der Waals surface area contributed by atoms with E-state index in [2.05, 4.69) is 18.0 Å². The van der Waals surface area contributed by atoms with Crippen molar-refractivity contribution in [3.05, 3.63) is 28.1 Å². The minimum absolute atomic E-state index is 0.145. The van der Waals surface area contributed by atoms with Crippen LogP contribution < -0.4 is 0 Å². The second-order valence-corrected chi connectivity index (χ2v) is 5.24. The summed E-state index contributed by atoms with van der Waals surface area (Å²) in [5.74, 6) is -0.776. The molecular formula is C11H11NO2S2.